The van der Waals surface area contributed by atoms with E-state index in [1.54, 1.807) is 23.1 Å². The molecule has 4 rings (SSSR count). The van der Waals surface area contributed by atoms with Crippen molar-refractivity contribution in [2.24, 2.45) is 0 Å². The standard InChI is InChI=1S/C26H26BrFN2O4/c1-16-13-30(17(2)12-29(16)14-18-7-9-20(28)10-8-18)23(31)15-34-25-22(26(32)33)11-19-5-3-4-6-21(19)24(25)27/h3-11,16-17H,12-15H2,1-2H3,(H,32,33)/t16-,17+/m0/s1. The molecular formula is C26H26BrFN2O4. The molecule has 0 radical (unpaired) electrons. The number of hydrogen-bond donors (Lipinski definition) is 1. The Morgan fingerprint density at radius 3 is 2.50 bits per heavy atom. The highest BCUT2D eigenvalue weighted by Gasteiger charge is 2.32. The second-order valence-corrected chi connectivity index (χ2v) is 9.48. The van der Waals surface area contributed by atoms with Crippen molar-refractivity contribution < 1.29 is 23.8 Å². The van der Waals surface area contributed by atoms with Crippen LogP contribution >= 0.6 is 15.9 Å². The number of carboxylic acid groups (broad SMARTS) is 1. The van der Waals surface area contributed by atoms with E-state index in [1.807, 2.05) is 31.2 Å². The predicted octanol–water partition coefficient (Wildman–Crippen LogP) is 4.94. The lowest BCUT2D eigenvalue weighted by molar-refractivity contribution is -0.139. The Balaban J connectivity index is 1.45. The van der Waals surface area contributed by atoms with E-state index in [9.17, 15) is 19.1 Å². The number of hydrogen-bond acceptors (Lipinski definition) is 4. The highest BCUT2D eigenvalue weighted by atomic mass is 79.9. The first-order valence-corrected chi connectivity index (χ1v) is 11.9. The van der Waals surface area contributed by atoms with Gasteiger partial charge in [0, 0.05) is 31.7 Å². The number of rotatable bonds is 6. The van der Waals surface area contributed by atoms with Gasteiger partial charge in [0.25, 0.3) is 5.91 Å². The number of halogens is 2. The van der Waals surface area contributed by atoms with Gasteiger partial charge in [0.2, 0.25) is 0 Å². The Hall–Kier alpha value is -2.97. The number of carbonyl (C=O) groups excluding carboxylic acids is 1. The Labute approximate surface area is 206 Å². The molecule has 0 bridgehead atoms. The first-order chi connectivity index (χ1) is 16.2. The van der Waals surface area contributed by atoms with E-state index >= 15 is 0 Å². The van der Waals surface area contributed by atoms with E-state index in [1.165, 1.54) is 12.1 Å². The lowest BCUT2D eigenvalue weighted by Gasteiger charge is -2.44. The van der Waals surface area contributed by atoms with Gasteiger partial charge in [-0.2, -0.15) is 0 Å². The zero-order valence-corrected chi connectivity index (χ0v) is 20.6. The van der Waals surface area contributed by atoms with E-state index in [0.29, 0.717) is 24.1 Å². The molecule has 1 heterocycles. The molecule has 2 atom stereocenters. The van der Waals surface area contributed by atoms with Gasteiger partial charge in [-0.05, 0) is 64.3 Å². The minimum Gasteiger partial charge on any atom is -0.482 e. The molecule has 0 aromatic heterocycles. The van der Waals surface area contributed by atoms with Crippen LogP contribution in [0.1, 0.15) is 29.8 Å². The molecule has 0 spiro atoms. The van der Waals surface area contributed by atoms with Gasteiger partial charge in [-0.25, -0.2) is 9.18 Å². The number of amides is 1. The number of carboxylic acids is 1. The molecule has 0 unspecified atom stereocenters. The molecule has 1 aliphatic heterocycles. The van der Waals surface area contributed by atoms with Crippen LogP contribution in [0.3, 0.4) is 0 Å². The molecule has 34 heavy (non-hydrogen) atoms. The quantitative estimate of drug-likeness (QED) is 0.490. The maximum Gasteiger partial charge on any atom is 0.339 e. The highest BCUT2D eigenvalue weighted by Crippen LogP contribution is 2.37. The van der Waals surface area contributed by atoms with Crippen molar-refractivity contribution in [3.63, 3.8) is 0 Å². The molecule has 1 fully saturated rings. The number of piperazine rings is 1. The van der Waals surface area contributed by atoms with Crippen molar-refractivity contribution in [1.29, 1.82) is 0 Å². The van der Waals surface area contributed by atoms with Gasteiger partial charge in [0.1, 0.15) is 17.1 Å². The third-order valence-electron chi connectivity index (χ3n) is 6.25. The molecule has 1 amide bonds. The monoisotopic (exact) mass is 528 g/mol. The smallest absolute Gasteiger partial charge is 0.339 e. The minimum atomic E-state index is -1.12. The van der Waals surface area contributed by atoms with Crippen molar-refractivity contribution >= 4 is 38.6 Å². The van der Waals surface area contributed by atoms with Gasteiger partial charge in [-0.3, -0.25) is 9.69 Å². The highest BCUT2D eigenvalue weighted by molar-refractivity contribution is 9.10. The van der Waals surface area contributed by atoms with E-state index < -0.39 is 5.97 Å². The van der Waals surface area contributed by atoms with Gasteiger partial charge in [0.05, 0.1) is 4.47 Å². The van der Waals surface area contributed by atoms with Crippen LogP contribution in [0.4, 0.5) is 4.39 Å². The average Bonchev–Trinajstić information content (AvgIpc) is 2.81. The normalized spacial score (nSPS) is 18.8. The molecule has 0 saturated carbocycles. The number of benzene rings is 3. The van der Waals surface area contributed by atoms with E-state index in [0.717, 1.165) is 16.3 Å². The Morgan fingerprint density at radius 2 is 1.79 bits per heavy atom. The second-order valence-electron chi connectivity index (χ2n) is 8.68. The van der Waals surface area contributed by atoms with Gasteiger partial charge < -0.3 is 14.7 Å². The number of ether oxygens (including phenoxy) is 1. The molecule has 1 aliphatic rings. The maximum absolute atomic E-state index is 13.2. The number of carbonyl (C=O) groups is 2. The van der Waals surface area contributed by atoms with Crippen LogP contribution in [-0.4, -0.2) is 58.6 Å². The molecule has 1 saturated heterocycles. The second kappa shape index (κ2) is 10.1. The summed E-state index contributed by atoms with van der Waals surface area (Å²) < 4.78 is 19.5. The molecule has 3 aromatic rings. The summed E-state index contributed by atoms with van der Waals surface area (Å²) in [6.07, 6.45) is 0. The number of aromatic carboxylic acids is 1. The summed E-state index contributed by atoms with van der Waals surface area (Å²) in [7, 11) is 0. The summed E-state index contributed by atoms with van der Waals surface area (Å²) in [6.45, 7) is 5.65. The average molecular weight is 529 g/mol. The fourth-order valence-corrected chi connectivity index (χ4v) is 5.08. The van der Waals surface area contributed by atoms with Crippen molar-refractivity contribution in [2.45, 2.75) is 32.5 Å². The van der Waals surface area contributed by atoms with Gasteiger partial charge in [0.15, 0.2) is 6.61 Å². The largest absolute Gasteiger partial charge is 0.482 e. The first kappa shape index (κ1) is 24.2. The minimum absolute atomic E-state index is 0.00362. The van der Waals surface area contributed by atoms with Crippen molar-refractivity contribution in [1.82, 2.24) is 9.80 Å². The summed E-state index contributed by atoms with van der Waals surface area (Å²) in [6, 6.07) is 15.5. The molecule has 0 aliphatic carbocycles. The summed E-state index contributed by atoms with van der Waals surface area (Å²) >= 11 is 3.47. The summed E-state index contributed by atoms with van der Waals surface area (Å²) in [5, 5.41) is 11.3. The van der Waals surface area contributed by atoms with Crippen LogP contribution in [0.15, 0.2) is 59.1 Å². The summed E-state index contributed by atoms with van der Waals surface area (Å²) in [4.78, 5) is 29.0. The first-order valence-electron chi connectivity index (χ1n) is 11.1. The predicted molar refractivity (Wildman–Crippen MR) is 132 cm³/mol. The van der Waals surface area contributed by atoms with Crippen molar-refractivity contribution in [3.05, 3.63) is 76.0 Å². The van der Waals surface area contributed by atoms with Crippen LogP contribution in [0.2, 0.25) is 0 Å². The molecule has 178 valence electrons. The van der Waals surface area contributed by atoms with Crippen LogP contribution in [-0.2, 0) is 11.3 Å². The van der Waals surface area contributed by atoms with E-state index in [2.05, 4.69) is 27.8 Å². The zero-order chi connectivity index (χ0) is 24.4. The Kier molecular flexibility index (Phi) is 7.19. The lowest BCUT2D eigenvalue weighted by Crippen LogP contribution is -2.58. The number of fused-ring (bicyclic) bond motifs is 1. The molecule has 1 N–H and O–H groups in total. The van der Waals surface area contributed by atoms with E-state index in [4.69, 9.17) is 4.74 Å². The van der Waals surface area contributed by atoms with Crippen LogP contribution in [0, 0.1) is 5.82 Å². The van der Waals surface area contributed by atoms with Crippen LogP contribution in [0.25, 0.3) is 10.8 Å². The fourth-order valence-electron chi connectivity index (χ4n) is 4.39. The Morgan fingerprint density at radius 1 is 1.09 bits per heavy atom. The van der Waals surface area contributed by atoms with Crippen LogP contribution < -0.4 is 4.74 Å². The lowest BCUT2D eigenvalue weighted by atomic mass is 10.1. The third-order valence-corrected chi connectivity index (χ3v) is 7.03. The SMILES string of the molecule is C[C@@H]1CN(Cc2ccc(F)cc2)[C@@H](C)CN1C(=O)COc1c(C(=O)O)cc2ccccc2c1Br. The maximum atomic E-state index is 13.2. The van der Waals surface area contributed by atoms with Gasteiger partial charge in [-0.1, -0.05) is 36.4 Å². The van der Waals surface area contributed by atoms with Crippen molar-refractivity contribution in [3.8, 4) is 5.75 Å². The van der Waals surface area contributed by atoms with Crippen molar-refractivity contribution in [2.75, 3.05) is 19.7 Å². The molecule has 8 heteroatoms. The third kappa shape index (κ3) is 5.08. The van der Waals surface area contributed by atoms with Crippen LogP contribution in [0.5, 0.6) is 5.75 Å². The van der Waals surface area contributed by atoms with Gasteiger partial charge >= 0.3 is 5.97 Å². The van der Waals surface area contributed by atoms with E-state index in [-0.39, 0.29) is 41.7 Å². The fraction of sp³-hybridized carbons (Fsp3) is 0.308. The topological polar surface area (TPSA) is 70.1 Å². The molecular weight excluding hydrogens is 503 g/mol. The summed E-state index contributed by atoms with van der Waals surface area (Å²) in [5.74, 6) is -1.43. The molecule has 3 aromatic carbocycles. The number of nitrogens with zero attached hydrogens (tertiary/aromatic N) is 2. The zero-order valence-electron chi connectivity index (χ0n) is 19.0. The summed E-state index contributed by atoms with van der Waals surface area (Å²) in [5.41, 5.74) is 1.02. The Bertz CT molecular complexity index is 1220. The molecule has 6 nitrogen and oxygen atoms in total. The van der Waals surface area contributed by atoms with Gasteiger partial charge in [-0.15, -0.1) is 0 Å².